The number of nitrogens with two attached hydrogens (primary N) is 1. The molecule has 1 aromatic rings. The molecule has 0 saturated heterocycles. The van der Waals surface area contributed by atoms with Gasteiger partial charge in [-0.1, -0.05) is 36.8 Å². The fourth-order valence-corrected chi connectivity index (χ4v) is 3.75. The lowest BCUT2D eigenvalue weighted by molar-refractivity contribution is -0.135. The Bertz CT molecular complexity index is 696. The first-order valence-electron chi connectivity index (χ1n) is 10.1. The number of hydrogen-bond acceptors (Lipinski definition) is 4. The highest BCUT2D eigenvalue weighted by molar-refractivity contribution is 5.78. The second-order valence-corrected chi connectivity index (χ2v) is 8.67. The van der Waals surface area contributed by atoms with Crippen molar-refractivity contribution in [2.24, 2.45) is 11.7 Å². The molecule has 2 atom stereocenters. The minimum absolute atomic E-state index is 0.0180. The number of primary amides is 1. The van der Waals surface area contributed by atoms with Gasteiger partial charge in [0.15, 0.2) is 0 Å². The lowest BCUT2D eigenvalue weighted by atomic mass is 9.83. The molecule has 3 amide bonds. The van der Waals surface area contributed by atoms with E-state index in [4.69, 9.17) is 14.6 Å². The van der Waals surface area contributed by atoms with Gasteiger partial charge in [-0.3, -0.25) is 4.79 Å². The molecule has 30 heavy (non-hydrogen) atoms. The summed E-state index contributed by atoms with van der Waals surface area (Å²) >= 11 is 0. The number of amides is 3. The van der Waals surface area contributed by atoms with Crippen LogP contribution in [0, 0.1) is 5.92 Å². The normalized spacial score (nSPS) is 18.4. The lowest BCUT2D eigenvalue weighted by Crippen LogP contribution is -2.54. The average molecular weight is 422 g/mol. The zero-order chi connectivity index (χ0) is 22.9. The van der Waals surface area contributed by atoms with Crippen molar-refractivity contribution in [3.05, 3.63) is 35.9 Å². The first kappa shape index (κ1) is 25.3. The molecule has 1 aliphatic rings. The van der Waals surface area contributed by atoms with Gasteiger partial charge < -0.3 is 25.4 Å². The number of carboxylic acid groups (broad SMARTS) is 1. The number of nitrogens with zero attached hydrogens (tertiary/aromatic N) is 2. The first-order valence-corrected chi connectivity index (χ1v) is 10.1. The molecule has 8 nitrogen and oxygen atoms in total. The molecule has 0 aromatic heterocycles. The van der Waals surface area contributed by atoms with E-state index in [1.54, 1.807) is 19.0 Å². The van der Waals surface area contributed by atoms with Gasteiger partial charge in [0.2, 0.25) is 5.91 Å². The number of ether oxygens (including phenoxy) is 1. The monoisotopic (exact) mass is 421 g/mol. The number of benzene rings is 1. The van der Waals surface area contributed by atoms with Crippen molar-refractivity contribution in [2.45, 2.75) is 64.6 Å². The third kappa shape index (κ3) is 8.31. The summed E-state index contributed by atoms with van der Waals surface area (Å²) in [5, 5.41) is 7.19. The molecule has 1 aliphatic carbocycles. The summed E-state index contributed by atoms with van der Waals surface area (Å²) in [7, 11) is 3.59. The van der Waals surface area contributed by atoms with Crippen LogP contribution in [-0.4, -0.2) is 58.7 Å². The molecular weight excluding hydrogens is 386 g/mol. The number of rotatable bonds is 4. The highest BCUT2D eigenvalue weighted by Gasteiger charge is 2.39. The van der Waals surface area contributed by atoms with Crippen LogP contribution in [0.2, 0.25) is 0 Å². The van der Waals surface area contributed by atoms with Crippen molar-refractivity contribution in [1.29, 1.82) is 0 Å². The molecule has 0 bridgehead atoms. The second-order valence-electron chi connectivity index (χ2n) is 8.67. The summed E-state index contributed by atoms with van der Waals surface area (Å²) in [6.45, 7) is 6.33. The molecule has 1 fully saturated rings. The fraction of sp³-hybridized carbons (Fsp3) is 0.591. The van der Waals surface area contributed by atoms with Crippen molar-refractivity contribution in [1.82, 2.24) is 9.80 Å². The summed E-state index contributed by atoms with van der Waals surface area (Å²) in [6.07, 6.45) is 1.83. The van der Waals surface area contributed by atoms with E-state index in [-0.39, 0.29) is 36.1 Å². The van der Waals surface area contributed by atoms with Crippen LogP contribution in [0.5, 0.6) is 0 Å². The molecule has 2 rings (SSSR count). The summed E-state index contributed by atoms with van der Waals surface area (Å²) in [5.41, 5.74) is 4.64. The van der Waals surface area contributed by atoms with Crippen LogP contribution in [0.1, 0.15) is 52.0 Å². The molecule has 1 aromatic carbocycles. The van der Waals surface area contributed by atoms with Crippen molar-refractivity contribution < 1.29 is 24.2 Å². The molecule has 0 spiro atoms. The number of carbonyl (C=O) groups excluding carboxylic acids is 2. The van der Waals surface area contributed by atoms with E-state index in [9.17, 15) is 9.59 Å². The SMILES string of the molecule is CN(C)C(=O)[C@H]1CCC[C@@H](N(C(=O)OCc2ccccc2)C(C)(C)C)C1.NC(=O)O. The van der Waals surface area contributed by atoms with Crippen LogP contribution < -0.4 is 5.73 Å². The Morgan fingerprint density at radius 2 is 1.70 bits per heavy atom. The van der Waals surface area contributed by atoms with Gasteiger partial charge in [0.1, 0.15) is 6.61 Å². The van der Waals surface area contributed by atoms with Crippen LogP contribution in [0.15, 0.2) is 30.3 Å². The summed E-state index contributed by atoms with van der Waals surface area (Å²) in [6, 6.07) is 9.73. The summed E-state index contributed by atoms with van der Waals surface area (Å²) in [4.78, 5) is 37.5. The van der Waals surface area contributed by atoms with Crippen LogP contribution in [0.3, 0.4) is 0 Å². The quantitative estimate of drug-likeness (QED) is 0.770. The smallest absolute Gasteiger partial charge is 0.410 e. The van der Waals surface area contributed by atoms with Gasteiger partial charge in [-0.25, -0.2) is 9.59 Å². The molecule has 3 N–H and O–H groups in total. The van der Waals surface area contributed by atoms with Crippen molar-refractivity contribution in [3.63, 3.8) is 0 Å². The lowest BCUT2D eigenvalue weighted by Gasteiger charge is -2.44. The Kier molecular flexibility index (Phi) is 9.62. The maximum atomic E-state index is 12.9. The Hall–Kier alpha value is -2.77. The van der Waals surface area contributed by atoms with Crippen LogP contribution in [0.25, 0.3) is 0 Å². The van der Waals surface area contributed by atoms with Crippen molar-refractivity contribution in [3.8, 4) is 0 Å². The zero-order valence-electron chi connectivity index (χ0n) is 18.6. The standard InChI is InChI=1S/C21H32N2O3.CH3NO2/c1-21(2,3)23(20(25)26-15-16-10-7-6-8-11-16)18-13-9-12-17(14-18)19(24)22(4)5;2-1(3)4/h6-8,10-11,17-18H,9,12-15H2,1-5H3;2H2,(H,3,4)/t17-,18+;/m0./s1. The molecular formula is C22H35N3O5. The molecule has 0 heterocycles. The minimum atomic E-state index is -1.33. The third-order valence-corrected chi connectivity index (χ3v) is 4.93. The van der Waals surface area contributed by atoms with Gasteiger partial charge in [-0.15, -0.1) is 0 Å². The summed E-state index contributed by atoms with van der Waals surface area (Å²) in [5.74, 6) is 0.136. The molecule has 168 valence electrons. The molecule has 0 aliphatic heterocycles. The molecule has 1 saturated carbocycles. The van der Waals surface area contributed by atoms with E-state index in [1.807, 2.05) is 56.0 Å². The van der Waals surface area contributed by atoms with Crippen LogP contribution >= 0.6 is 0 Å². The van der Waals surface area contributed by atoms with E-state index in [0.717, 1.165) is 24.8 Å². The second kappa shape index (κ2) is 11.4. The van der Waals surface area contributed by atoms with Crippen LogP contribution in [-0.2, 0) is 16.1 Å². The topological polar surface area (TPSA) is 113 Å². The fourth-order valence-electron chi connectivity index (χ4n) is 3.75. The van der Waals surface area contributed by atoms with E-state index in [2.05, 4.69) is 5.73 Å². The Balaban J connectivity index is 0.00000103. The van der Waals surface area contributed by atoms with Gasteiger partial charge in [0, 0.05) is 31.6 Å². The predicted octanol–water partition coefficient (Wildman–Crippen LogP) is 3.69. The molecule has 0 radical (unpaired) electrons. The van der Waals surface area contributed by atoms with E-state index in [0.29, 0.717) is 6.42 Å². The van der Waals surface area contributed by atoms with E-state index >= 15 is 0 Å². The van der Waals surface area contributed by atoms with Gasteiger partial charge >= 0.3 is 12.2 Å². The van der Waals surface area contributed by atoms with Gasteiger partial charge in [-0.05, 0) is 45.6 Å². The van der Waals surface area contributed by atoms with Crippen molar-refractivity contribution >= 4 is 18.1 Å². The van der Waals surface area contributed by atoms with E-state index in [1.165, 1.54) is 0 Å². The van der Waals surface area contributed by atoms with Gasteiger partial charge in [-0.2, -0.15) is 0 Å². The molecule has 8 heteroatoms. The molecule has 0 unspecified atom stereocenters. The third-order valence-electron chi connectivity index (χ3n) is 4.93. The Labute approximate surface area is 179 Å². The first-order chi connectivity index (χ1) is 13.9. The van der Waals surface area contributed by atoms with Crippen molar-refractivity contribution in [2.75, 3.05) is 14.1 Å². The highest BCUT2D eigenvalue weighted by atomic mass is 16.6. The maximum Gasteiger partial charge on any atom is 0.410 e. The number of hydrogen-bond donors (Lipinski definition) is 2. The maximum absolute atomic E-state index is 12.9. The van der Waals surface area contributed by atoms with Gasteiger partial charge in [0.25, 0.3) is 0 Å². The van der Waals surface area contributed by atoms with Crippen LogP contribution in [0.4, 0.5) is 9.59 Å². The van der Waals surface area contributed by atoms with E-state index < -0.39 is 6.09 Å². The Morgan fingerprint density at radius 3 is 2.20 bits per heavy atom. The average Bonchev–Trinajstić information content (AvgIpc) is 2.65. The summed E-state index contributed by atoms with van der Waals surface area (Å²) < 4.78 is 5.60. The Morgan fingerprint density at radius 1 is 1.13 bits per heavy atom. The zero-order valence-corrected chi connectivity index (χ0v) is 18.6. The largest absolute Gasteiger partial charge is 0.465 e. The predicted molar refractivity (Wildman–Crippen MR) is 115 cm³/mol. The van der Waals surface area contributed by atoms with Gasteiger partial charge in [0.05, 0.1) is 0 Å². The highest BCUT2D eigenvalue weighted by Crippen LogP contribution is 2.33. The number of carbonyl (C=O) groups is 3. The minimum Gasteiger partial charge on any atom is -0.465 e.